The number of anilines is 1. The predicted octanol–water partition coefficient (Wildman–Crippen LogP) is 0.707. The van der Waals surface area contributed by atoms with Crippen molar-refractivity contribution in [2.75, 3.05) is 31.5 Å². The van der Waals surface area contributed by atoms with Crippen LogP contribution in [0.3, 0.4) is 0 Å². The largest absolute Gasteiger partial charge is 0.364 e. The third-order valence-electron chi connectivity index (χ3n) is 3.43. The Morgan fingerprint density at radius 2 is 2.11 bits per heavy atom. The first kappa shape index (κ1) is 11.3. The molecule has 0 aliphatic carbocycles. The molecule has 0 unspecified atom stereocenters. The molecule has 0 spiro atoms. The lowest BCUT2D eigenvalue weighted by atomic mass is 10.1. The number of rotatable bonds is 2. The van der Waals surface area contributed by atoms with Gasteiger partial charge in [0.1, 0.15) is 12.1 Å². The highest BCUT2D eigenvalue weighted by atomic mass is 16.2. The summed E-state index contributed by atoms with van der Waals surface area (Å²) in [5.74, 6) is 0.837. The molecule has 1 N–H and O–H groups in total. The van der Waals surface area contributed by atoms with Crippen molar-refractivity contribution in [1.29, 1.82) is 0 Å². The van der Waals surface area contributed by atoms with Crippen LogP contribution in [0.2, 0.25) is 0 Å². The molecule has 1 aromatic rings. The zero-order chi connectivity index (χ0) is 12.5. The zero-order valence-electron chi connectivity index (χ0n) is 10.5. The molecular weight excluding hydrogens is 230 g/mol. The van der Waals surface area contributed by atoms with Gasteiger partial charge in [0.2, 0.25) is 0 Å². The molecule has 3 heterocycles. The van der Waals surface area contributed by atoms with Crippen LogP contribution in [0.5, 0.6) is 0 Å². The number of nitrogens with one attached hydrogen (secondary N) is 1. The van der Waals surface area contributed by atoms with Gasteiger partial charge >= 0.3 is 6.03 Å². The van der Waals surface area contributed by atoms with E-state index in [1.54, 1.807) is 6.33 Å². The molecule has 3 rings (SSSR count). The van der Waals surface area contributed by atoms with Gasteiger partial charge in [-0.15, -0.1) is 0 Å². The van der Waals surface area contributed by atoms with Crippen molar-refractivity contribution in [3.05, 3.63) is 18.1 Å². The molecule has 1 aromatic heterocycles. The fraction of sp³-hybridized carbons (Fsp3) is 0.583. The molecule has 0 saturated carbocycles. The fourth-order valence-corrected chi connectivity index (χ4v) is 2.18. The van der Waals surface area contributed by atoms with Gasteiger partial charge in [-0.05, 0) is 13.3 Å². The third-order valence-corrected chi connectivity index (χ3v) is 3.43. The molecule has 0 radical (unpaired) electrons. The zero-order valence-corrected chi connectivity index (χ0v) is 10.5. The minimum atomic E-state index is 0.179. The average molecular weight is 247 g/mol. The summed E-state index contributed by atoms with van der Waals surface area (Å²) in [5.41, 5.74) is 0.945. The average Bonchev–Trinajstić information content (AvgIpc) is 2.20. The Hall–Kier alpha value is -1.85. The van der Waals surface area contributed by atoms with Crippen LogP contribution in [0.1, 0.15) is 12.1 Å². The van der Waals surface area contributed by atoms with Crippen molar-refractivity contribution in [2.24, 2.45) is 0 Å². The van der Waals surface area contributed by atoms with Crippen LogP contribution in [-0.4, -0.2) is 58.0 Å². The molecule has 2 aliphatic heterocycles. The van der Waals surface area contributed by atoms with Crippen molar-refractivity contribution in [1.82, 2.24) is 19.8 Å². The molecule has 0 bridgehead atoms. The third kappa shape index (κ3) is 2.10. The fourth-order valence-electron chi connectivity index (χ4n) is 2.18. The van der Waals surface area contributed by atoms with Gasteiger partial charge in [0.25, 0.3) is 0 Å². The summed E-state index contributed by atoms with van der Waals surface area (Å²) in [6.07, 6.45) is 2.70. The first-order valence-corrected chi connectivity index (χ1v) is 6.31. The minimum Gasteiger partial charge on any atom is -0.364 e. The number of amides is 2. The van der Waals surface area contributed by atoms with Crippen LogP contribution in [0, 0.1) is 6.92 Å². The molecule has 2 amide bonds. The summed E-state index contributed by atoms with van der Waals surface area (Å²) in [6.45, 7) is 5.29. The van der Waals surface area contributed by atoms with E-state index in [1.807, 2.05) is 22.8 Å². The molecule has 0 atom stereocenters. The highest BCUT2D eigenvalue weighted by Gasteiger charge is 2.34. The second kappa shape index (κ2) is 4.44. The maximum Gasteiger partial charge on any atom is 0.320 e. The van der Waals surface area contributed by atoms with E-state index < -0.39 is 0 Å². The Kier molecular flexibility index (Phi) is 2.77. The van der Waals surface area contributed by atoms with Crippen molar-refractivity contribution in [3.8, 4) is 0 Å². The molecule has 2 fully saturated rings. The van der Waals surface area contributed by atoms with Gasteiger partial charge in [0, 0.05) is 37.9 Å². The Balaban J connectivity index is 1.49. The Labute approximate surface area is 106 Å². The number of aromatic nitrogens is 2. The van der Waals surface area contributed by atoms with Crippen molar-refractivity contribution in [3.63, 3.8) is 0 Å². The highest BCUT2D eigenvalue weighted by Crippen LogP contribution is 2.18. The van der Waals surface area contributed by atoms with E-state index in [0.717, 1.165) is 44.1 Å². The smallest absolute Gasteiger partial charge is 0.320 e. The summed E-state index contributed by atoms with van der Waals surface area (Å²) in [7, 11) is 0. The van der Waals surface area contributed by atoms with Crippen molar-refractivity contribution >= 4 is 11.8 Å². The van der Waals surface area contributed by atoms with Gasteiger partial charge in [-0.1, -0.05) is 0 Å². The Morgan fingerprint density at radius 3 is 2.72 bits per heavy atom. The van der Waals surface area contributed by atoms with Gasteiger partial charge in [0.15, 0.2) is 0 Å². The van der Waals surface area contributed by atoms with Gasteiger partial charge in [-0.25, -0.2) is 14.8 Å². The second-order valence-electron chi connectivity index (χ2n) is 4.91. The summed E-state index contributed by atoms with van der Waals surface area (Å²) in [5, 5.41) is 3.32. The SMILES string of the molecule is Cc1cc(NC2CN(C(=O)N3CCC3)C2)ncn1. The van der Waals surface area contributed by atoms with Crippen LogP contribution >= 0.6 is 0 Å². The number of hydrogen-bond donors (Lipinski definition) is 1. The minimum absolute atomic E-state index is 0.179. The molecule has 2 saturated heterocycles. The maximum absolute atomic E-state index is 11.9. The summed E-state index contributed by atoms with van der Waals surface area (Å²) in [4.78, 5) is 23.8. The first-order chi connectivity index (χ1) is 8.72. The van der Waals surface area contributed by atoms with E-state index in [-0.39, 0.29) is 6.03 Å². The van der Waals surface area contributed by atoms with E-state index in [0.29, 0.717) is 6.04 Å². The molecule has 18 heavy (non-hydrogen) atoms. The van der Waals surface area contributed by atoms with Crippen LogP contribution in [0.25, 0.3) is 0 Å². The predicted molar refractivity (Wildman–Crippen MR) is 67.3 cm³/mol. The lowest BCUT2D eigenvalue weighted by molar-refractivity contribution is 0.0987. The molecular formula is C12H17N5O. The monoisotopic (exact) mass is 247 g/mol. The van der Waals surface area contributed by atoms with Crippen LogP contribution in [0.15, 0.2) is 12.4 Å². The number of carbonyl (C=O) groups is 1. The Bertz CT molecular complexity index is 454. The number of urea groups is 1. The van der Waals surface area contributed by atoms with Crippen LogP contribution in [-0.2, 0) is 0 Å². The van der Waals surface area contributed by atoms with E-state index >= 15 is 0 Å². The topological polar surface area (TPSA) is 61.4 Å². The molecule has 6 heteroatoms. The maximum atomic E-state index is 11.9. The number of hydrogen-bond acceptors (Lipinski definition) is 4. The van der Waals surface area contributed by atoms with Gasteiger partial charge < -0.3 is 15.1 Å². The van der Waals surface area contributed by atoms with Crippen LogP contribution in [0.4, 0.5) is 10.6 Å². The standard InChI is InChI=1S/C12H17N5O/c1-9-5-11(14-8-13-9)15-10-6-17(7-10)12(18)16-3-2-4-16/h5,8,10H,2-4,6-7H2,1H3,(H,13,14,15). The second-order valence-corrected chi connectivity index (χ2v) is 4.91. The van der Waals surface area contributed by atoms with Gasteiger partial charge in [-0.3, -0.25) is 0 Å². The van der Waals surface area contributed by atoms with Crippen LogP contribution < -0.4 is 5.32 Å². The summed E-state index contributed by atoms with van der Waals surface area (Å²) < 4.78 is 0. The summed E-state index contributed by atoms with van der Waals surface area (Å²) in [6, 6.07) is 2.41. The van der Waals surface area contributed by atoms with E-state index in [1.165, 1.54) is 0 Å². The lowest BCUT2D eigenvalue weighted by Gasteiger charge is -2.44. The van der Waals surface area contributed by atoms with Gasteiger partial charge in [-0.2, -0.15) is 0 Å². The first-order valence-electron chi connectivity index (χ1n) is 6.31. The molecule has 96 valence electrons. The Morgan fingerprint density at radius 1 is 1.33 bits per heavy atom. The van der Waals surface area contributed by atoms with E-state index in [4.69, 9.17) is 0 Å². The molecule has 6 nitrogen and oxygen atoms in total. The quantitative estimate of drug-likeness (QED) is 0.836. The molecule has 0 aromatic carbocycles. The van der Waals surface area contributed by atoms with Crippen molar-refractivity contribution in [2.45, 2.75) is 19.4 Å². The number of carbonyl (C=O) groups excluding carboxylic acids is 1. The normalized spacial score (nSPS) is 19.2. The van der Waals surface area contributed by atoms with Crippen molar-refractivity contribution < 1.29 is 4.79 Å². The van der Waals surface area contributed by atoms with E-state index in [9.17, 15) is 4.79 Å². The van der Waals surface area contributed by atoms with Gasteiger partial charge in [0.05, 0.1) is 6.04 Å². The molecule has 2 aliphatic rings. The lowest BCUT2D eigenvalue weighted by Crippen LogP contribution is -2.62. The number of nitrogens with zero attached hydrogens (tertiary/aromatic N) is 4. The number of aryl methyl sites for hydroxylation is 1. The summed E-state index contributed by atoms with van der Waals surface area (Å²) >= 11 is 0. The number of likely N-dealkylation sites (tertiary alicyclic amines) is 2. The highest BCUT2D eigenvalue weighted by molar-refractivity contribution is 5.76. The van der Waals surface area contributed by atoms with E-state index in [2.05, 4.69) is 15.3 Å².